The van der Waals surface area contributed by atoms with Gasteiger partial charge in [0, 0.05) is 18.0 Å². The van der Waals surface area contributed by atoms with E-state index in [1.165, 1.54) is 5.54 Å². The van der Waals surface area contributed by atoms with Gasteiger partial charge in [0.05, 0.1) is 6.61 Å². The molecule has 0 radical (unpaired) electrons. The molecule has 5 heteroatoms. The lowest BCUT2D eigenvalue weighted by Gasteiger charge is -2.21. The zero-order valence-electron chi connectivity index (χ0n) is 14.5. The van der Waals surface area contributed by atoms with Crippen molar-refractivity contribution in [2.24, 2.45) is 0 Å². The minimum absolute atomic E-state index is 0.0816. The van der Waals surface area contributed by atoms with Crippen molar-refractivity contribution in [3.63, 3.8) is 0 Å². The Morgan fingerprint density at radius 3 is 2.39 bits per heavy atom. The molecule has 0 bridgehead atoms. The van der Waals surface area contributed by atoms with E-state index >= 15 is 0 Å². The predicted molar refractivity (Wildman–Crippen MR) is 94.2 cm³/mol. The maximum Gasteiger partial charge on any atom is 0.407 e. The summed E-state index contributed by atoms with van der Waals surface area (Å²) in [6, 6.07) is 7.87. The van der Waals surface area contributed by atoms with Crippen LogP contribution in [0.5, 0.6) is 5.75 Å². The summed E-state index contributed by atoms with van der Waals surface area (Å²) in [6.07, 6.45) is -0.451. The first kappa shape index (κ1) is 19.4. The van der Waals surface area contributed by atoms with Crippen molar-refractivity contribution in [3.05, 3.63) is 40.9 Å². The molecule has 0 fully saturated rings. The van der Waals surface area contributed by atoms with E-state index in [0.717, 1.165) is 16.9 Å². The molecule has 0 aromatic heterocycles. The molecule has 0 aliphatic heterocycles. The van der Waals surface area contributed by atoms with Crippen LogP contribution in [0, 0.1) is 0 Å². The summed E-state index contributed by atoms with van der Waals surface area (Å²) in [5.74, 6) is 0.921. The summed E-state index contributed by atoms with van der Waals surface area (Å²) in [5, 5.41) is 2.73. The standard InChI is InChI=1S/C18H26ClNO3/c1-6-22-16-9-7-14(8-10-16)13(2)15(11-19)12-20-17(21)23-18(3,4)5/h7-11,13H,6,12H2,1-5H3,(H,20,21). The summed E-state index contributed by atoms with van der Waals surface area (Å²) in [7, 11) is 0. The third-order valence-electron chi connectivity index (χ3n) is 3.22. The molecular formula is C18H26ClNO3. The molecule has 1 N–H and O–H groups in total. The van der Waals surface area contributed by atoms with Gasteiger partial charge in [-0.3, -0.25) is 0 Å². The predicted octanol–water partition coefficient (Wildman–Crippen LogP) is 4.84. The summed E-state index contributed by atoms with van der Waals surface area (Å²) in [4.78, 5) is 11.7. The molecule has 1 unspecified atom stereocenters. The highest BCUT2D eigenvalue weighted by Crippen LogP contribution is 2.26. The van der Waals surface area contributed by atoms with E-state index in [2.05, 4.69) is 5.32 Å². The SMILES string of the molecule is CCOc1ccc(C(C)C(=CCl)CNC(=O)OC(C)(C)C)cc1. The van der Waals surface area contributed by atoms with E-state index in [9.17, 15) is 4.79 Å². The second-order valence-corrected chi connectivity index (χ2v) is 6.48. The summed E-state index contributed by atoms with van der Waals surface area (Å²) in [5.41, 5.74) is 3.00. The minimum Gasteiger partial charge on any atom is -0.494 e. The molecule has 128 valence electrons. The third-order valence-corrected chi connectivity index (χ3v) is 3.50. The van der Waals surface area contributed by atoms with Crippen molar-refractivity contribution < 1.29 is 14.3 Å². The van der Waals surface area contributed by atoms with E-state index in [0.29, 0.717) is 13.2 Å². The van der Waals surface area contributed by atoms with Gasteiger partial charge in [-0.25, -0.2) is 4.79 Å². The maximum absolute atomic E-state index is 11.7. The van der Waals surface area contributed by atoms with Crippen molar-refractivity contribution in [2.45, 2.75) is 46.1 Å². The van der Waals surface area contributed by atoms with Crippen LogP contribution in [0.2, 0.25) is 0 Å². The molecule has 1 aromatic rings. The van der Waals surface area contributed by atoms with E-state index in [1.807, 2.05) is 58.9 Å². The minimum atomic E-state index is -0.518. The van der Waals surface area contributed by atoms with Crippen LogP contribution in [0.25, 0.3) is 0 Å². The van der Waals surface area contributed by atoms with Crippen LogP contribution in [0.15, 0.2) is 35.4 Å². The lowest BCUT2D eigenvalue weighted by molar-refractivity contribution is 0.0532. The Labute approximate surface area is 143 Å². The molecule has 0 aliphatic carbocycles. The number of hydrogen-bond acceptors (Lipinski definition) is 3. The van der Waals surface area contributed by atoms with E-state index < -0.39 is 11.7 Å². The summed E-state index contributed by atoms with van der Waals surface area (Å²) in [6.45, 7) is 10.5. The Hall–Kier alpha value is -1.68. The van der Waals surface area contributed by atoms with Gasteiger partial charge in [0.2, 0.25) is 0 Å². The smallest absolute Gasteiger partial charge is 0.407 e. The maximum atomic E-state index is 11.7. The highest BCUT2D eigenvalue weighted by Gasteiger charge is 2.17. The number of alkyl carbamates (subject to hydrolysis) is 1. The molecule has 1 rings (SSSR count). The van der Waals surface area contributed by atoms with Crippen LogP contribution >= 0.6 is 11.6 Å². The highest BCUT2D eigenvalue weighted by molar-refractivity contribution is 6.25. The largest absolute Gasteiger partial charge is 0.494 e. The lowest BCUT2D eigenvalue weighted by atomic mass is 9.94. The number of ether oxygens (including phenoxy) is 2. The number of carbonyl (C=O) groups excluding carboxylic acids is 1. The summed E-state index contributed by atoms with van der Waals surface area (Å²) >= 11 is 5.93. The molecule has 1 amide bonds. The third kappa shape index (κ3) is 6.95. The van der Waals surface area contributed by atoms with Crippen molar-refractivity contribution in [3.8, 4) is 5.75 Å². The molecule has 0 heterocycles. The molecule has 1 atom stereocenters. The van der Waals surface area contributed by atoms with Gasteiger partial charge in [-0.2, -0.15) is 0 Å². The van der Waals surface area contributed by atoms with Crippen LogP contribution in [-0.2, 0) is 4.74 Å². The molecule has 0 saturated carbocycles. The molecule has 0 spiro atoms. The average molecular weight is 340 g/mol. The van der Waals surface area contributed by atoms with Gasteiger partial charge in [0.15, 0.2) is 0 Å². The average Bonchev–Trinajstić information content (AvgIpc) is 2.47. The van der Waals surface area contributed by atoms with Crippen LogP contribution in [0.3, 0.4) is 0 Å². The van der Waals surface area contributed by atoms with Crippen LogP contribution < -0.4 is 10.1 Å². The van der Waals surface area contributed by atoms with Crippen molar-refractivity contribution in [1.29, 1.82) is 0 Å². The normalized spacial score (nSPS) is 13.4. The number of rotatable bonds is 6. The topological polar surface area (TPSA) is 47.6 Å². The zero-order valence-corrected chi connectivity index (χ0v) is 15.2. The fourth-order valence-electron chi connectivity index (χ4n) is 2.01. The fraction of sp³-hybridized carbons (Fsp3) is 0.500. The Balaban J connectivity index is 2.65. The van der Waals surface area contributed by atoms with Crippen molar-refractivity contribution in [2.75, 3.05) is 13.2 Å². The van der Waals surface area contributed by atoms with Crippen molar-refractivity contribution in [1.82, 2.24) is 5.32 Å². The van der Waals surface area contributed by atoms with Gasteiger partial charge >= 0.3 is 6.09 Å². The van der Waals surface area contributed by atoms with Crippen LogP contribution in [-0.4, -0.2) is 24.8 Å². The lowest BCUT2D eigenvalue weighted by Crippen LogP contribution is -2.34. The Morgan fingerprint density at radius 1 is 1.30 bits per heavy atom. The highest BCUT2D eigenvalue weighted by atomic mass is 35.5. The first-order chi connectivity index (χ1) is 10.8. The first-order valence-corrected chi connectivity index (χ1v) is 8.19. The van der Waals surface area contributed by atoms with Gasteiger partial charge in [0.1, 0.15) is 11.4 Å². The molecule has 4 nitrogen and oxygen atoms in total. The van der Waals surface area contributed by atoms with Gasteiger partial charge < -0.3 is 14.8 Å². The number of benzene rings is 1. The second kappa shape index (κ2) is 8.82. The zero-order chi connectivity index (χ0) is 17.5. The summed E-state index contributed by atoms with van der Waals surface area (Å²) < 4.78 is 10.7. The monoisotopic (exact) mass is 339 g/mol. The van der Waals surface area contributed by atoms with Crippen LogP contribution in [0.4, 0.5) is 4.79 Å². The number of carbonyl (C=O) groups is 1. The van der Waals surface area contributed by atoms with Gasteiger partial charge in [-0.15, -0.1) is 0 Å². The van der Waals surface area contributed by atoms with Gasteiger partial charge in [0.25, 0.3) is 0 Å². The first-order valence-electron chi connectivity index (χ1n) is 7.75. The second-order valence-electron chi connectivity index (χ2n) is 6.26. The van der Waals surface area contributed by atoms with Gasteiger partial charge in [-0.05, 0) is 51.0 Å². The van der Waals surface area contributed by atoms with Gasteiger partial charge in [-0.1, -0.05) is 30.7 Å². The fourth-order valence-corrected chi connectivity index (χ4v) is 2.27. The van der Waals surface area contributed by atoms with E-state index in [4.69, 9.17) is 21.1 Å². The van der Waals surface area contributed by atoms with Crippen LogP contribution in [0.1, 0.15) is 46.1 Å². The number of nitrogens with one attached hydrogen (secondary N) is 1. The number of hydrogen-bond donors (Lipinski definition) is 1. The number of halogens is 1. The van der Waals surface area contributed by atoms with Crippen molar-refractivity contribution >= 4 is 17.7 Å². The Kier molecular flexibility index (Phi) is 7.43. The Morgan fingerprint density at radius 2 is 1.91 bits per heavy atom. The molecule has 0 aliphatic rings. The number of amides is 1. The van der Waals surface area contributed by atoms with E-state index in [-0.39, 0.29) is 5.92 Å². The molecular weight excluding hydrogens is 314 g/mol. The molecule has 0 saturated heterocycles. The Bertz CT molecular complexity index is 532. The molecule has 23 heavy (non-hydrogen) atoms. The van der Waals surface area contributed by atoms with E-state index in [1.54, 1.807) is 0 Å². The molecule has 1 aromatic carbocycles. The quantitative estimate of drug-likeness (QED) is 0.807.